The van der Waals surface area contributed by atoms with Gasteiger partial charge in [0.25, 0.3) is 0 Å². The van der Waals surface area contributed by atoms with Crippen molar-refractivity contribution in [1.82, 2.24) is 9.97 Å². The molecule has 0 radical (unpaired) electrons. The normalized spacial score (nSPS) is 13.2. The molecule has 0 bridgehead atoms. The molecule has 1 aliphatic carbocycles. The molecule has 7 aromatic rings. The van der Waals surface area contributed by atoms with Gasteiger partial charge >= 0.3 is 0 Å². The van der Waals surface area contributed by atoms with Gasteiger partial charge in [0.15, 0.2) is 0 Å². The Hall–Kier alpha value is -4.56. The van der Waals surface area contributed by atoms with Gasteiger partial charge in [-0.15, -0.1) is 0 Å². The quantitative estimate of drug-likeness (QED) is 0.227. The molecule has 0 N–H and O–H groups in total. The number of pyridine rings is 2. The van der Waals surface area contributed by atoms with Crippen molar-refractivity contribution in [3.05, 3.63) is 114 Å². The van der Waals surface area contributed by atoms with Crippen LogP contribution in [-0.4, -0.2) is 9.97 Å². The van der Waals surface area contributed by atoms with Crippen LogP contribution in [0.25, 0.3) is 71.7 Å². The molecule has 0 unspecified atom stereocenters. The standard InChI is InChI=1S/C36H26N2/c1-21-28-18-19-31(36-35(28)34-27(22(2)38-36)12-7-13-32(34)37-21)23-14-16-24(17-15-23)33-29-10-5-3-8-25(29)20-26-9-4-6-11-30(26)33/h3,5-8,10-20H,4,9H2,1-2H3. The van der Waals surface area contributed by atoms with E-state index in [0.29, 0.717) is 0 Å². The summed E-state index contributed by atoms with van der Waals surface area (Å²) >= 11 is 0. The maximum absolute atomic E-state index is 5.17. The number of benzene rings is 5. The van der Waals surface area contributed by atoms with E-state index in [2.05, 4.69) is 111 Å². The van der Waals surface area contributed by atoms with Crippen molar-refractivity contribution in [3.63, 3.8) is 0 Å². The first-order valence-corrected chi connectivity index (χ1v) is 13.4. The summed E-state index contributed by atoms with van der Waals surface area (Å²) in [5.74, 6) is 0. The lowest BCUT2D eigenvalue weighted by Crippen LogP contribution is -1.98. The highest BCUT2D eigenvalue weighted by Crippen LogP contribution is 2.41. The summed E-state index contributed by atoms with van der Waals surface area (Å²) in [5.41, 5.74) is 12.0. The third-order valence-corrected chi connectivity index (χ3v) is 8.34. The van der Waals surface area contributed by atoms with Crippen LogP contribution in [0.4, 0.5) is 0 Å². The fraction of sp³-hybridized carbons (Fsp3) is 0.111. The van der Waals surface area contributed by atoms with Gasteiger partial charge in [-0.05, 0) is 71.3 Å². The second-order valence-corrected chi connectivity index (χ2v) is 10.5. The average molecular weight is 487 g/mol. The zero-order chi connectivity index (χ0) is 25.4. The molecular formula is C36H26N2. The topological polar surface area (TPSA) is 25.8 Å². The third kappa shape index (κ3) is 3.01. The number of nitrogens with zero attached hydrogens (tertiary/aromatic N) is 2. The number of aromatic nitrogens is 2. The highest BCUT2D eigenvalue weighted by molar-refractivity contribution is 6.24. The first-order chi connectivity index (χ1) is 18.7. The third-order valence-electron chi connectivity index (χ3n) is 8.34. The molecule has 0 saturated carbocycles. The van der Waals surface area contributed by atoms with Crippen molar-refractivity contribution < 1.29 is 0 Å². The molecular weight excluding hydrogens is 460 g/mol. The van der Waals surface area contributed by atoms with Gasteiger partial charge < -0.3 is 0 Å². The Labute approximate surface area is 221 Å². The smallest absolute Gasteiger partial charge is 0.0797 e. The summed E-state index contributed by atoms with van der Waals surface area (Å²) in [6.07, 6.45) is 6.84. The summed E-state index contributed by atoms with van der Waals surface area (Å²) in [6, 6.07) is 31.1. The molecule has 2 heteroatoms. The van der Waals surface area contributed by atoms with Crippen molar-refractivity contribution in [1.29, 1.82) is 0 Å². The lowest BCUT2D eigenvalue weighted by molar-refractivity contribution is 0.989. The number of aryl methyl sites for hydroxylation is 3. The van der Waals surface area contributed by atoms with Gasteiger partial charge in [0, 0.05) is 38.5 Å². The average Bonchev–Trinajstić information content (AvgIpc) is 2.95. The minimum atomic E-state index is 1.05. The summed E-state index contributed by atoms with van der Waals surface area (Å²) in [5, 5.41) is 7.45. The number of hydrogen-bond donors (Lipinski definition) is 0. The molecule has 5 aromatic carbocycles. The number of hydrogen-bond acceptors (Lipinski definition) is 2. The van der Waals surface area contributed by atoms with Gasteiger partial charge in [0.2, 0.25) is 0 Å². The Morgan fingerprint density at radius 1 is 0.658 bits per heavy atom. The van der Waals surface area contributed by atoms with Crippen LogP contribution in [0.5, 0.6) is 0 Å². The zero-order valence-electron chi connectivity index (χ0n) is 21.5. The number of rotatable bonds is 2. The Bertz CT molecular complexity index is 2080. The molecule has 0 fully saturated rings. The SMILES string of the molecule is Cc1nc2c(-c3ccc(-c4c5c(cc6ccccc46)CCC=C5)cc3)ccc3c(C)nc4cccc1c4c32. The van der Waals surface area contributed by atoms with E-state index in [0.717, 1.165) is 35.3 Å². The molecule has 38 heavy (non-hydrogen) atoms. The summed E-state index contributed by atoms with van der Waals surface area (Å²) < 4.78 is 0. The molecule has 0 saturated heterocycles. The molecule has 0 aliphatic heterocycles. The van der Waals surface area contributed by atoms with Gasteiger partial charge in [0.1, 0.15) is 0 Å². The van der Waals surface area contributed by atoms with E-state index in [1.165, 1.54) is 65.7 Å². The van der Waals surface area contributed by atoms with Gasteiger partial charge in [-0.25, -0.2) is 0 Å². The molecule has 2 nitrogen and oxygen atoms in total. The molecule has 8 rings (SSSR count). The number of fused-ring (bicyclic) bond motifs is 2. The van der Waals surface area contributed by atoms with Crippen LogP contribution in [0.15, 0.2) is 91.0 Å². The molecule has 180 valence electrons. The first-order valence-electron chi connectivity index (χ1n) is 13.4. The van der Waals surface area contributed by atoms with Crippen molar-refractivity contribution in [2.24, 2.45) is 0 Å². The van der Waals surface area contributed by atoms with Crippen LogP contribution >= 0.6 is 0 Å². The zero-order valence-corrected chi connectivity index (χ0v) is 21.5. The van der Waals surface area contributed by atoms with E-state index in [9.17, 15) is 0 Å². The van der Waals surface area contributed by atoms with E-state index in [-0.39, 0.29) is 0 Å². The largest absolute Gasteiger partial charge is 0.252 e. The van der Waals surface area contributed by atoms with E-state index in [1.54, 1.807) is 0 Å². The van der Waals surface area contributed by atoms with Crippen LogP contribution in [0.2, 0.25) is 0 Å². The molecule has 1 aliphatic rings. The Morgan fingerprint density at radius 3 is 2.32 bits per heavy atom. The van der Waals surface area contributed by atoms with Crippen LogP contribution in [0.1, 0.15) is 28.9 Å². The van der Waals surface area contributed by atoms with E-state index >= 15 is 0 Å². The summed E-state index contributed by atoms with van der Waals surface area (Å²) in [7, 11) is 0. The fourth-order valence-electron chi connectivity index (χ4n) is 6.55. The van der Waals surface area contributed by atoms with Gasteiger partial charge in [-0.1, -0.05) is 91.0 Å². The lowest BCUT2D eigenvalue weighted by Gasteiger charge is -2.19. The van der Waals surface area contributed by atoms with Crippen LogP contribution < -0.4 is 0 Å². The molecule has 0 atom stereocenters. The fourth-order valence-corrected chi connectivity index (χ4v) is 6.55. The highest BCUT2D eigenvalue weighted by atomic mass is 14.7. The van der Waals surface area contributed by atoms with Gasteiger partial charge in [-0.3, -0.25) is 9.97 Å². The maximum atomic E-state index is 5.17. The van der Waals surface area contributed by atoms with E-state index < -0.39 is 0 Å². The second-order valence-electron chi connectivity index (χ2n) is 10.5. The summed E-state index contributed by atoms with van der Waals surface area (Å²) in [6.45, 7) is 4.21. The van der Waals surface area contributed by atoms with Gasteiger partial charge in [-0.2, -0.15) is 0 Å². The molecule has 0 spiro atoms. The van der Waals surface area contributed by atoms with Crippen LogP contribution in [0, 0.1) is 13.8 Å². The predicted molar refractivity (Wildman–Crippen MR) is 161 cm³/mol. The monoisotopic (exact) mass is 486 g/mol. The Kier molecular flexibility index (Phi) is 4.51. The Morgan fingerprint density at radius 2 is 1.42 bits per heavy atom. The summed E-state index contributed by atoms with van der Waals surface area (Å²) in [4.78, 5) is 10.1. The first kappa shape index (κ1) is 21.5. The molecule has 2 aromatic heterocycles. The van der Waals surface area contributed by atoms with Crippen molar-refractivity contribution >= 4 is 49.4 Å². The minimum Gasteiger partial charge on any atom is -0.252 e. The van der Waals surface area contributed by atoms with Crippen LogP contribution in [-0.2, 0) is 6.42 Å². The Balaban J connectivity index is 1.35. The van der Waals surface area contributed by atoms with E-state index in [1.807, 2.05) is 0 Å². The lowest BCUT2D eigenvalue weighted by atomic mass is 9.85. The second kappa shape index (κ2) is 7.97. The van der Waals surface area contributed by atoms with Crippen molar-refractivity contribution in [3.8, 4) is 22.3 Å². The van der Waals surface area contributed by atoms with Crippen LogP contribution in [0.3, 0.4) is 0 Å². The van der Waals surface area contributed by atoms with E-state index in [4.69, 9.17) is 9.97 Å². The number of allylic oxidation sites excluding steroid dienone is 1. The van der Waals surface area contributed by atoms with Crippen molar-refractivity contribution in [2.45, 2.75) is 26.7 Å². The molecule has 0 amide bonds. The molecule has 2 heterocycles. The van der Waals surface area contributed by atoms with Gasteiger partial charge in [0.05, 0.1) is 11.0 Å². The predicted octanol–water partition coefficient (Wildman–Crippen LogP) is 9.44. The maximum Gasteiger partial charge on any atom is 0.0797 e. The minimum absolute atomic E-state index is 1.05. The van der Waals surface area contributed by atoms with Crippen molar-refractivity contribution in [2.75, 3.05) is 0 Å². The highest BCUT2D eigenvalue weighted by Gasteiger charge is 2.19.